The van der Waals surface area contributed by atoms with E-state index in [9.17, 15) is 4.79 Å². The maximum absolute atomic E-state index is 12.0. The van der Waals surface area contributed by atoms with E-state index in [4.69, 9.17) is 11.6 Å². The zero-order valence-corrected chi connectivity index (χ0v) is 12.5. The van der Waals surface area contributed by atoms with Crippen molar-refractivity contribution in [2.45, 2.75) is 20.8 Å². The van der Waals surface area contributed by atoms with Crippen LogP contribution in [0.2, 0.25) is 5.02 Å². The topological polar surface area (TPSA) is 41.1 Å². The zero-order valence-electron chi connectivity index (χ0n) is 11.8. The van der Waals surface area contributed by atoms with Gasteiger partial charge in [0.05, 0.1) is 0 Å². The van der Waals surface area contributed by atoms with Crippen molar-refractivity contribution in [3.63, 3.8) is 0 Å². The monoisotopic (exact) mass is 288 g/mol. The highest BCUT2D eigenvalue weighted by atomic mass is 35.5. The van der Waals surface area contributed by atoms with Gasteiger partial charge in [-0.05, 0) is 55.7 Å². The highest BCUT2D eigenvalue weighted by molar-refractivity contribution is 6.31. The van der Waals surface area contributed by atoms with Crippen LogP contribution < -0.4 is 10.6 Å². The fraction of sp³-hybridized carbons (Fsp3) is 0.188. The van der Waals surface area contributed by atoms with Crippen LogP contribution in [-0.2, 0) is 0 Å². The average Bonchev–Trinajstić information content (AvgIpc) is 2.40. The number of carbonyl (C=O) groups is 1. The first kappa shape index (κ1) is 14.4. The molecule has 3 nitrogen and oxygen atoms in total. The number of urea groups is 1. The first-order valence-corrected chi connectivity index (χ1v) is 6.76. The summed E-state index contributed by atoms with van der Waals surface area (Å²) in [5.41, 5.74) is 4.57. The van der Waals surface area contributed by atoms with E-state index in [1.54, 1.807) is 6.07 Å². The van der Waals surface area contributed by atoms with Gasteiger partial charge < -0.3 is 10.6 Å². The molecule has 2 aromatic rings. The highest BCUT2D eigenvalue weighted by Crippen LogP contribution is 2.23. The molecule has 0 aliphatic rings. The van der Waals surface area contributed by atoms with E-state index in [2.05, 4.69) is 10.6 Å². The number of aryl methyl sites for hydroxylation is 1. The minimum Gasteiger partial charge on any atom is -0.307 e. The van der Waals surface area contributed by atoms with E-state index < -0.39 is 0 Å². The quantitative estimate of drug-likeness (QED) is 0.810. The molecule has 0 atom stereocenters. The molecule has 0 aromatic heterocycles. The molecule has 0 spiro atoms. The van der Waals surface area contributed by atoms with Gasteiger partial charge in [0.25, 0.3) is 0 Å². The SMILES string of the molecule is Cc1cccc(NC(=O)Nc2cccc(Cl)c2C)c1C. The number of anilines is 2. The van der Waals surface area contributed by atoms with Crippen LogP contribution >= 0.6 is 11.6 Å². The minimum absolute atomic E-state index is 0.274. The number of hydrogen-bond donors (Lipinski definition) is 2. The Bertz CT molecular complexity index is 597. The van der Waals surface area contributed by atoms with Crippen LogP contribution in [0.5, 0.6) is 0 Å². The molecule has 2 rings (SSSR count). The lowest BCUT2D eigenvalue weighted by atomic mass is 10.1. The second kappa shape index (κ2) is 5.97. The summed E-state index contributed by atoms with van der Waals surface area (Å²) in [6.45, 7) is 5.87. The molecule has 0 heterocycles. The highest BCUT2D eigenvalue weighted by Gasteiger charge is 2.08. The Balaban J connectivity index is 2.13. The number of rotatable bonds is 2. The first-order chi connectivity index (χ1) is 9.49. The molecule has 0 aliphatic heterocycles. The summed E-state index contributed by atoms with van der Waals surface area (Å²) in [6.07, 6.45) is 0. The number of carbonyl (C=O) groups excluding carboxylic acids is 1. The number of halogens is 1. The lowest BCUT2D eigenvalue weighted by Gasteiger charge is -2.13. The Morgan fingerprint density at radius 1 is 0.900 bits per heavy atom. The summed E-state index contributed by atoms with van der Waals surface area (Å²) in [5.74, 6) is 0. The third-order valence-corrected chi connectivity index (χ3v) is 3.78. The third kappa shape index (κ3) is 3.11. The maximum atomic E-state index is 12.0. The second-order valence-corrected chi connectivity index (χ2v) is 5.15. The summed E-state index contributed by atoms with van der Waals surface area (Å²) >= 11 is 6.03. The van der Waals surface area contributed by atoms with Gasteiger partial charge in [-0.3, -0.25) is 0 Å². The van der Waals surface area contributed by atoms with Gasteiger partial charge in [0, 0.05) is 16.4 Å². The van der Waals surface area contributed by atoms with Crippen molar-refractivity contribution >= 4 is 29.0 Å². The van der Waals surface area contributed by atoms with Gasteiger partial charge in [0.15, 0.2) is 0 Å². The molecule has 0 radical (unpaired) electrons. The van der Waals surface area contributed by atoms with Gasteiger partial charge in [0.1, 0.15) is 0 Å². The molecule has 0 saturated heterocycles. The van der Waals surface area contributed by atoms with Crippen LogP contribution in [0.25, 0.3) is 0 Å². The second-order valence-electron chi connectivity index (χ2n) is 4.74. The Morgan fingerprint density at radius 2 is 1.45 bits per heavy atom. The van der Waals surface area contributed by atoms with Crippen molar-refractivity contribution in [3.05, 3.63) is 58.1 Å². The van der Waals surface area contributed by atoms with Gasteiger partial charge >= 0.3 is 6.03 Å². The van der Waals surface area contributed by atoms with Crippen LogP contribution in [-0.4, -0.2) is 6.03 Å². The van der Waals surface area contributed by atoms with Crippen LogP contribution in [0.15, 0.2) is 36.4 Å². The molecule has 2 amide bonds. The van der Waals surface area contributed by atoms with E-state index in [0.717, 1.165) is 22.4 Å². The number of nitrogens with one attached hydrogen (secondary N) is 2. The number of amides is 2. The van der Waals surface area contributed by atoms with Crippen molar-refractivity contribution in [2.24, 2.45) is 0 Å². The molecule has 0 bridgehead atoms. The van der Waals surface area contributed by atoms with E-state index >= 15 is 0 Å². The molecule has 2 N–H and O–H groups in total. The van der Waals surface area contributed by atoms with Crippen LogP contribution in [0.4, 0.5) is 16.2 Å². The van der Waals surface area contributed by atoms with Crippen LogP contribution in [0, 0.1) is 20.8 Å². The minimum atomic E-state index is -0.274. The van der Waals surface area contributed by atoms with Crippen LogP contribution in [0.1, 0.15) is 16.7 Å². The normalized spacial score (nSPS) is 10.2. The third-order valence-electron chi connectivity index (χ3n) is 3.37. The standard InChI is InChI=1S/C16H17ClN2O/c1-10-6-4-8-14(11(10)2)18-16(20)19-15-9-5-7-13(17)12(15)3/h4-9H,1-3H3,(H2,18,19,20). The molecule has 0 saturated carbocycles. The summed E-state index contributed by atoms with van der Waals surface area (Å²) < 4.78 is 0. The molecule has 2 aromatic carbocycles. The van der Waals surface area contributed by atoms with Gasteiger partial charge in [-0.15, -0.1) is 0 Å². The Labute approximate surface area is 124 Å². The molecular formula is C16H17ClN2O. The molecule has 0 unspecified atom stereocenters. The van der Waals surface area contributed by atoms with E-state index in [1.165, 1.54) is 0 Å². The lowest BCUT2D eigenvalue weighted by Crippen LogP contribution is -2.20. The van der Waals surface area contributed by atoms with Crippen LogP contribution in [0.3, 0.4) is 0 Å². The van der Waals surface area contributed by atoms with Gasteiger partial charge in [-0.25, -0.2) is 4.79 Å². The zero-order chi connectivity index (χ0) is 14.7. The number of benzene rings is 2. The predicted octanol–water partition coefficient (Wildman–Crippen LogP) is 4.91. The summed E-state index contributed by atoms with van der Waals surface area (Å²) in [4.78, 5) is 12.0. The van der Waals surface area contributed by atoms with Crippen molar-refractivity contribution in [2.75, 3.05) is 10.6 Å². The molecule has 104 valence electrons. The number of hydrogen-bond acceptors (Lipinski definition) is 1. The predicted molar refractivity (Wildman–Crippen MR) is 84.7 cm³/mol. The molecule has 4 heteroatoms. The smallest absolute Gasteiger partial charge is 0.307 e. The molecular weight excluding hydrogens is 272 g/mol. The summed E-state index contributed by atoms with van der Waals surface area (Å²) in [6, 6.07) is 11.0. The van der Waals surface area contributed by atoms with E-state index in [1.807, 2.05) is 51.1 Å². The Kier molecular flexibility index (Phi) is 4.30. The largest absolute Gasteiger partial charge is 0.323 e. The lowest BCUT2D eigenvalue weighted by molar-refractivity contribution is 0.262. The Hall–Kier alpha value is -2.00. The molecule has 0 aliphatic carbocycles. The molecule has 0 fully saturated rings. The van der Waals surface area contributed by atoms with Gasteiger partial charge in [-0.2, -0.15) is 0 Å². The van der Waals surface area contributed by atoms with Crippen molar-refractivity contribution in [1.82, 2.24) is 0 Å². The van der Waals surface area contributed by atoms with Gasteiger partial charge in [-0.1, -0.05) is 29.8 Å². The maximum Gasteiger partial charge on any atom is 0.323 e. The molecule has 20 heavy (non-hydrogen) atoms. The Morgan fingerprint density at radius 3 is 2.10 bits per heavy atom. The summed E-state index contributed by atoms with van der Waals surface area (Å²) in [5, 5.41) is 6.30. The van der Waals surface area contributed by atoms with E-state index in [-0.39, 0.29) is 6.03 Å². The van der Waals surface area contributed by atoms with E-state index in [0.29, 0.717) is 10.7 Å². The average molecular weight is 289 g/mol. The van der Waals surface area contributed by atoms with Crippen molar-refractivity contribution in [3.8, 4) is 0 Å². The van der Waals surface area contributed by atoms with Crippen molar-refractivity contribution < 1.29 is 4.79 Å². The fourth-order valence-corrected chi connectivity index (χ4v) is 2.08. The fourth-order valence-electron chi connectivity index (χ4n) is 1.91. The first-order valence-electron chi connectivity index (χ1n) is 6.38. The summed E-state index contributed by atoms with van der Waals surface area (Å²) in [7, 11) is 0. The van der Waals surface area contributed by atoms with Gasteiger partial charge in [0.2, 0.25) is 0 Å². The van der Waals surface area contributed by atoms with Crippen molar-refractivity contribution in [1.29, 1.82) is 0 Å².